The molecule has 120 valence electrons. The Hall–Kier alpha value is -1.00. The molecule has 1 rings (SSSR count). The van der Waals surface area contributed by atoms with Crippen LogP contribution in [0.3, 0.4) is 0 Å². The number of hydrogen-bond acceptors (Lipinski definition) is 6. The monoisotopic (exact) mass is 337 g/mol. The predicted octanol–water partition coefficient (Wildman–Crippen LogP) is 1.12. The summed E-state index contributed by atoms with van der Waals surface area (Å²) in [6.45, 7) is 2.37. The molecular formula is C12H19NO6S2. The van der Waals surface area contributed by atoms with E-state index in [9.17, 15) is 13.2 Å². The largest absolute Gasteiger partial charge is 0.477 e. The number of carboxylic acids is 1. The van der Waals surface area contributed by atoms with Crippen LogP contribution in [-0.2, 0) is 19.5 Å². The van der Waals surface area contributed by atoms with E-state index < -0.39 is 16.0 Å². The van der Waals surface area contributed by atoms with Crippen LogP contribution in [0.1, 0.15) is 16.6 Å². The quantitative estimate of drug-likeness (QED) is 0.726. The fourth-order valence-corrected chi connectivity index (χ4v) is 4.48. The van der Waals surface area contributed by atoms with Crippen molar-refractivity contribution in [1.29, 1.82) is 0 Å². The van der Waals surface area contributed by atoms with Crippen molar-refractivity contribution < 1.29 is 27.8 Å². The van der Waals surface area contributed by atoms with Gasteiger partial charge in [0.25, 0.3) is 0 Å². The maximum Gasteiger partial charge on any atom is 0.345 e. The van der Waals surface area contributed by atoms with Gasteiger partial charge in [0, 0.05) is 32.2 Å². The summed E-state index contributed by atoms with van der Waals surface area (Å²) in [5.74, 6) is -1.14. The molecule has 0 saturated carbocycles. The highest BCUT2D eigenvalue weighted by atomic mass is 32.2. The number of hydrogen-bond donors (Lipinski definition) is 1. The van der Waals surface area contributed by atoms with Gasteiger partial charge in [-0.3, -0.25) is 0 Å². The van der Waals surface area contributed by atoms with Crippen LogP contribution in [0.25, 0.3) is 0 Å². The lowest BCUT2D eigenvalue weighted by Crippen LogP contribution is -2.42. The first-order valence-electron chi connectivity index (χ1n) is 6.16. The third kappa shape index (κ3) is 4.48. The van der Waals surface area contributed by atoms with Gasteiger partial charge < -0.3 is 14.6 Å². The van der Waals surface area contributed by atoms with Crippen LogP contribution in [0.15, 0.2) is 16.3 Å². The Kier molecular flexibility index (Phi) is 6.75. The van der Waals surface area contributed by atoms with Gasteiger partial charge in [-0.25, -0.2) is 13.2 Å². The summed E-state index contributed by atoms with van der Waals surface area (Å²) < 4.78 is 36.4. The molecule has 1 unspecified atom stereocenters. The predicted molar refractivity (Wildman–Crippen MR) is 78.4 cm³/mol. The first kappa shape index (κ1) is 18.1. The Morgan fingerprint density at radius 2 is 2.10 bits per heavy atom. The maximum absolute atomic E-state index is 12.6. The van der Waals surface area contributed by atoms with Crippen LogP contribution in [0, 0.1) is 0 Å². The van der Waals surface area contributed by atoms with Crippen molar-refractivity contribution in [2.45, 2.75) is 17.9 Å². The molecule has 0 spiro atoms. The lowest BCUT2D eigenvalue weighted by atomic mass is 10.3. The lowest BCUT2D eigenvalue weighted by Gasteiger charge is -2.27. The molecular weight excluding hydrogens is 318 g/mol. The molecule has 0 aliphatic rings. The Balaban J connectivity index is 3.09. The molecule has 0 saturated heterocycles. The summed E-state index contributed by atoms with van der Waals surface area (Å²) in [5.41, 5.74) is 0. The fourth-order valence-electron chi connectivity index (χ4n) is 1.78. The van der Waals surface area contributed by atoms with Gasteiger partial charge in [0.1, 0.15) is 4.88 Å². The van der Waals surface area contributed by atoms with E-state index in [1.807, 2.05) is 0 Å². The number of sulfonamides is 1. The molecule has 1 aromatic rings. The second kappa shape index (κ2) is 7.85. The number of carboxylic acid groups (broad SMARTS) is 1. The van der Waals surface area contributed by atoms with Crippen molar-refractivity contribution in [2.24, 2.45) is 0 Å². The van der Waals surface area contributed by atoms with E-state index in [2.05, 4.69) is 0 Å². The highest BCUT2D eigenvalue weighted by molar-refractivity contribution is 7.89. The number of nitrogens with zero attached hydrogens (tertiary/aromatic N) is 1. The van der Waals surface area contributed by atoms with Gasteiger partial charge in [-0.1, -0.05) is 0 Å². The third-order valence-electron chi connectivity index (χ3n) is 2.81. The fraction of sp³-hybridized carbons (Fsp3) is 0.583. The van der Waals surface area contributed by atoms with E-state index in [1.165, 1.54) is 30.0 Å². The number of thiophene rings is 1. The van der Waals surface area contributed by atoms with Crippen LogP contribution < -0.4 is 0 Å². The highest BCUT2D eigenvalue weighted by Crippen LogP contribution is 2.24. The van der Waals surface area contributed by atoms with Crippen molar-refractivity contribution in [2.75, 3.05) is 34.0 Å². The van der Waals surface area contributed by atoms with Gasteiger partial charge in [-0.2, -0.15) is 4.31 Å². The second-order valence-electron chi connectivity index (χ2n) is 4.36. The molecule has 1 aromatic heterocycles. The molecule has 0 bridgehead atoms. The number of carbonyl (C=O) groups is 1. The molecule has 0 aromatic carbocycles. The number of aromatic carboxylic acids is 1. The van der Waals surface area contributed by atoms with E-state index in [1.54, 1.807) is 6.92 Å². The van der Waals surface area contributed by atoms with Gasteiger partial charge in [-0.15, -0.1) is 11.3 Å². The van der Waals surface area contributed by atoms with Crippen LogP contribution in [0.5, 0.6) is 0 Å². The molecule has 0 aliphatic carbocycles. The lowest BCUT2D eigenvalue weighted by molar-refractivity contribution is 0.0702. The van der Waals surface area contributed by atoms with Gasteiger partial charge in [-0.05, 0) is 13.0 Å². The highest BCUT2D eigenvalue weighted by Gasteiger charge is 2.30. The molecule has 0 radical (unpaired) electrons. The molecule has 7 nitrogen and oxygen atoms in total. The average molecular weight is 337 g/mol. The molecule has 1 atom stereocenters. The Morgan fingerprint density at radius 3 is 2.57 bits per heavy atom. The maximum atomic E-state index is 12.6. The second-order valence-corrected chi connectivity index (χ2v) is 7.17. The average Bonchev–Trinajstić information content (AvgIpc) is 2.89. The smallest absolute Gasteiger partial charge is 0.345 e. The van der Waals surface area contributed by atoms with E-state index in [0.717, 1.165) is 11.3 Å². The molecule has 0 amide bonds. The molecule has 9 heteroatoms. The minimum atomic E-state index is -3.79. The van der Waals surface area contributed by atoms with Crippen LogP contribution in [0.4, 0.5) is 0 Å². The summed E-state index contributed by atoms with van der Waals surface area (Å²) in [7, 11) is -0.811. The standard InChI is InChI=1S/C12H19NO6S2/c1-9(7-19-3)13(4-5-18-2)21(16,17)10-6-11(12(14)15)20-8-10/h6,8-9H,4-5,7H2,1-3H3,(H,14,15). The van der Waals surface area contributed by atoms with Crippen LogP contribution >= 0.6 is 11.3 Å². The summed E-state index contributed by atoms with van der Waals surface area (Å²) in [5, 5.41) is 10.2. The Morgan fingerprint density at radius 1 is 1.43 bits per heavy atom. The number of methoxy groups -OCH3 is 2. The van der Waals surface area contributed by atoms with Gasteiger partial charge >= 0.3 is 5.97 Å². The van der Waals surface area contributed by atoms with Gasteiger partial charge in [0.15, 0.2) is 0 Å². The Bertz CT molecular complexity index is 568. The first-order chi connectivity index (χ1) is 9.84. The SMILES string of the molecule is COCCN(C(C)COC)S(=O)(=O)c1csc(C(=O)O)c1. The van der Waals surface area contributed by atoms with E-state index in [-0.39, 0.29) is 35.6 Å². The van der Waals surface area contributed by atoms with Gasteiger partial charge in [0.05, 0.1) is 18.1 Å². The van der Waals surface area contributed by atoms with E-state index in [4.69, 9.17) is 14.6 Å². The number of rotatable bonds is 9. The summed E-state index contributed by atoms with van der Waals surface area (Å²) in [6, 6.07) is 0.783. The van der Waals surface area contributed by atoms with Crippen molar-refractivity contribution in [3.63, 3.8) is 0 Å². The van der Waals surface area contributed by atoms with Crippen molar-refractivity contribution >= 4 is 27.3 Å². The topological polar surface area (TPSA) is 93.1 Å². The summed E-state index contributed by atoms with van der Waals surface area (Å²) in [4.78, 5) is 10.8. The molecule has 0 aliphatic heterocycles. The molecule has 0 fully saturated rings. The van der Waals surface area contributed by atoms with Crippen molar-refractivity contribution in [1.82, 2.24) is 4.31 Å². The zero-order valence-electron chi connectivity index (χ0n) is 12.1. The molecule has 21 heavy (non-hydrogen) atoms. The first-order valence-corrected chi connectivity index (χ1v) is 8.48. The van der Waals surface area contributed by atoms with Crippen LogP contribution in [0.2, 0.25) is 0 Å². The third-order valence-corrected chi connectivity index (χ3v) is 5.87. The normalized spacial score (nSPS) is 13.5. The van der Waals surface area contributed by atoms with Crippen LogP contribution in [-0.4, -0.2) is 63.8 Å². The zero-order chi connectivity index (χ0) is 16.0. The Labute approximate surface area is 128 Å². The molecule has 1 heterocycles. The number of ether oxygens (including phenoxy) is 2. The summed E-state index contributed by atoms with van der Waals surface area (Å²) >= 11 is 0.883. The van der Waals surface area contributed by atoms with E-state index in [0.29, 0.717) is 0 Å². The summed E-state index contributed by atoms with van der Waals surface area (Å²) in [6.07, 6.45) is 0. The van der Waals surface area contributed by atoms with Crippen molar-refractivity contribution in [3.05, 3.63) is 16.3 Å². The van der Waals surface area contributed by atoms with E-state index >= 15 is 0 Å². The zero-order valence-corrected chi connectivity index (χ0v) is 13.7. The van der Waals surface area contributed by atoms with Crippen molar-refractivity contribution in [3.8, 4) is 0 Å². The molecule has 1 N–H and O–H groups in total. The minimum absolute atomic E-state index is 0.0142. The minimum Gasteiger partial charge on any atom is -0.477 e. The van der Waals surface area contributed by atoms with Gasteiger partial charge in [0.2, 0.25) is 10.0 Å².